The molecule has 2 aliphatic rings. The quantitative estimate of drug-likeness (QED) is 0.711. The lowest BCUT2D eigenvalue weighted by atomic mass is 9.75. The first-order valence-electron chi connectivity index (χ1n) is 10.4. The van der Waals surface area contributed by atoms with Gasteiger partial charge in [0.15, 0.2) is 0 Å². The Morgan fingerprint density at radius 3 is 2.40 bits per heavy atom. The highest BCUT2D eigenvalue weighted by molar-refractivity contribution is 5.86. The van der Waals surface area contributed by atoms with E-state index in [1.807, 2.05) is 54.6 Å². The Morgan fingerprint density at radius 1 is 0.967 bits per heavy atom. The first-order chi connectivity index (χ1) is 14.6. The van der Waals surface area contributed by atoms with Crippen molar-refractivity contribution in [2.45, 2.75) is 37.1 Å². The van der Waals surface area contributed by atoms with Crippen molar-refractivity contribution in [1.82, 2.24) is 4.90 Å². The minimum absolute atomic E-state index is 0.218. The normalized spacial score (nSPS) is 25.8. The molecule has 0 radical (unpaired) electrons. The van der Waals surface area contributed by atoms with Crippen LogP contribution in [0, 0.1) is 0 Å². The van der Waals surface area contributed by atoms with Gasteiger partial charge in [-0.1, -0.05) is 72.8 Å². The smallest absolute Gasteiger partial charge is 0.410 e. The van der Waals surface area contributed by atoms with Crippen LogP contribution in [0.2, 0.25) is 0 Å². The van der Waals surface area contributed by atoms with Gasteiger partial charge in [0.2, 0.25) is 0 Å². The number of nitrogens with zero attached hydrogens (tertiary/aromatic N) is 1. The number of hydrogen-bond acceptors (Lipinski definition) is 4. The summed E-state index contributed by atoms with van der Waals surface area (Å²) < 4.78 is 11.3. The Morgan fingerprint density at radius 2 is 1.63 bits per heavy atom. The van der Waals surface area contributed by atoms with E-state index in [1.165, 1.54) is 0 Å². The molecule has 2 aliphatic heterocycles. The Bertz CT molecular complexity index is 1030. The number of hydrogen-bond donors (Lipinski definition) is 1. The third-order valence-corrected chi connectivity index (χ3v) is 6.26. The molecule has 5 rings (SSSR count). The molecule has 1 amide bonds. The molecule has 2 heterocycles. The number of morpholine rings is 1. The molecule has 2 fully saturated rings. The van der Waals surface area contributed by atoms with E-state index in [1.54, 1.807) is 4.90 Å². The fourth-order valence-corrected chi connectivity index (χ4v) is 4.92. The molecule has 2 saturated heterocycles. The monoisotopic (exact) mass is 403 g/mol. The predicted octanol–water partition coefficient (Wildman–Crippen LogP) is 4.23. The van der Waals surface area contributed by atoms with Crippen molar-refractivity contribution in [2.75, 3.05) is 13.2 Å². The number of carbonyl (C=O) groups excluding carboxylic acids is 1. The van der Waals surface area contributed by atoms with Gasteiger partial charge in [-0.15, -0.1) is 0 Å². The highest BCUT2D eigenvalue weighted by Gasteiger charge is 2.49. The largest absolute Gasteiger partial charge is 0.445 e. The number of carbonyl (C=O) groups is 1. The molecule has 5 nitrogen and oxygen atoms in total. The van der Waals surface area contributed by atoms with E-state index in [2.05, 4.69) is 18.2 Å². The van der Waals surface area contributed by atoms with Gasteiger partial charge >= 0.3 is 6.09 Å². The maximum atomic E-state index is 12.9. The third kappa shape index (κ3) is 3.44. The van der Waals surface area contributed by atoms with E-state index in [4.69, 9.17) is 9.47 Å². The minimum atomic E-state index is -1.00. The van der Waals surface area contributed by atoms with E-state index in [0.717, 1.165) is 21.9 Å². The van der Waals surface area contributed by atoms with E-state index < -0.39 is 5.60 Å². The molecule has 0 saturated carbocycles. The lowest BCUT2D eigenvalue weighted by Crippen LogP contribution is -2.62. The van der Waals surface area contributed by atoms with Crippen LogP contribution in [0.1, 0.15) is 24.0 Å². The summed E-state index contributed by atoms with van der Waals surface area (Å²) in [6.07, 6.45) is 0.521. The van der Waals surface area contributed by atoms with Crippen LogP contribution in [-0.4, -0.2) is 41.4 Å². The Labute approximate surface area is 175 Å². The number of ether oxygens (including phenoxy) is 2. The molecule has 154 valence electrons. The molecule has 2 unspecified atom stereocenters. The van der Waals surface area contributed by atoms with Crippen molar-refractivity contribution >= 4 is 16.9 Å². The van der Waals surface area contributed by atoms with Crippen molar-refractivity contribution in [3.63, 3.8) is 0 Å². The number of rotatable bonds is 3. The van der Waals surface area contributed by atoms with E-state index >= 15 is 0 Å². The van der Waals surface area contributed by atoms with Crippen LogP contribution in [0.5, 0.6) is 0 Å². The molecule has 2 atom stereocenters. The standard InChI is InChI=1S/C25H25NO4/c27-24(30-15-18-7-2-1-3-8-18)26-20-13-25(28,14-21(26)17-29-16-20)23-12-6-10-19-9-4-5-11-22(19)23/h1-12,20-21,28H,13-17H2. The van der Waals surface area contributed by atoms with Crippen LogP contribution in [-0.2, 0) is 21.7 Å². The molecule has 0 spiro atoms. The van der Waals surface area contributed by atoms with Gasteiger partial charge in [-0.3, -0.25) is 4.90 Å². The first kappa shape index (κ1) is 19.1. The van der Waals surface area contributed by atoms with Crippen LogP contribution >= 0.6 is 0 Å². The highest BCUT2D eigenvalue weighted by Crippen LogP contribution is 2.43. The first-order valence-corrected chi connectivity index (χ1v) is 10.4. The second kappa shape index (κ2) is 7.74. The molecule has 3 aromatic rings. The molecular weight excluding hydrogens is 378 g/mol. The Hall–Kier alpha value is -2.89. The molecule has 30 heavy (non-hydrogen) atoms. The van der Waals surface area contributed by atoms with Crippen molar-refractivity contribution < 1.29 is 19.4 Å². The Balaban J connectivity index is 1.38. The minimum Gasteiger partial charge on any atom is -0.445 e. The van der Waals surface area contributed by atoms with Gasteiger partial charge in [-0.05, 0) is 21.9 Å². The number of aliphatic hydroxyl groups is 1. The number of amides is 1. The van der Waals surface area contributed by atoms with Crippen LogP contribution in [0.15, 0.2) is 72.8 Å². The number of fused-ring (bicyclic) bond motifs is 3. The molecule has 5 heteroatoms. The zero-order valence-electron chi connectivity index (χ0n) is 16.7. The highest BCUT2D eigenvalue weighted by atomic mass is 16.6. The zero-order chi connectivity index (χ0) is 20.6. The summed E-state index contributed by atoms with van der Waals surface area (Å²) in [6, 6.07) is 23.4. The second-order valence-corrected chi connectivity index (χ2v) is 8.26. The van der Waals surface area contributed by atoms with Crippen molar-refractivity contribution in [3.05, 3.63) is 83.9 Å². The van der Waals surface area contributed by atoms with Crippen LogP contribution in [0.3, 0.4) is 0 Å². The lowest BCUT2D eigenvalue weighted by molar-refractivity contribution is -0.136. The van der Waals surface area contributed by atoms with Crippen LogP contribution in [0.4, 0.5) is 4.79 Å². The van der Waals surface area contributed by atoms with Gasteiger partial charge in [0.05, 0.1) is 30.9 Å². The summed E-state index contributed by atoms with van der Waals surface area (Å²) in [5.41, 5.74) is 0.877. The van der Waals surface area contributed by atoms with Crippen molar-refractivity contribution in [3.8, 4) is 0 Å². The number of piperidine rings is 1. The predicted molar refractivity (Wildman–Crippen MR) is 114 cm³/mol. The summed E-state index contributed by atoms with van der Waals surface area (Å²) in [5, 5.41) is 13.9. The number of benzene rings is 3. The maximum absolute atomic E-state index is 12.9. The summed E-state index contributed by atoms with van der Waals surface area (Å²) in [7, 11) is 0. The Kier molecular flexibility index (Phi) is 4.93. The average molecular weight is 403 g/mol. The lowest BCUT2D eigenvalue weighted by Gasteiger charge is -2.51. The summed E-state index contributed by atoms with van der Waals surface area (Å²) >= 11 is 0. The maximum Gasteiger partial charge on any atom is 0.410 e. The molecule has 0 aliphatic carbocycles. The van der Waals surface area contributed by atoms with Crippen LogP contribution in [0.25, 0.3) is 10.8 Å². The molecular formula is C25H25NO4. The molecule has 2 bridgehead atoms. The molecule has 3 aromatic carbocycles. The van der Waals surface area contributed by atoms with Gasteiger partial charge in [-0.2, -0.15) is 0 Å². The molecule has 1 N–H and O–H groups in total. The van der Waals surface area contributed by atoms with Gasteiger partial charge in [0.25, 0.3) is 0 Å². The third-order valence-electron chi connectivity index (χ3n) is 6.26. The molecule has 0 aromatic heterocycles. The topological polar surface area (TPSA) is 59.0 Å². The van der Waals surface area contributed by atoms with Gasteiger partial charge in [0, 0.05) is 12.8 Å². The van der Waals surface area contributed by atoms with Crippen LogP contribution < -0.4 is 0 Å². The van der Waals surface area contributed by atoms with E-state index in [0.29, 0.717) is 26.1 Å². The van der Waals surface area contributed by atoms with E-state index in [9.17, 15) is 9.90 Å². The van der Waals surface area contributed by atoms with E-state index in [-0.39, 0.29) is 24.8 Å². The van der Waals surface area contributed by atoms with Gasteiger partial charge in [0.1, 0.15) is 6.61 Å². The summed E-state index contributed by atoms with van der Waals surface area (Å²) in [5.74, 6) is 0. The summed E-state index contributed by atoms with van der Waals surface area (Å²) in [4.78, 5) is 14.7. The van der Waals surface area contributed by atoms with Crippen molar-refractivity contribution in [1.29, 1.82) is 0 Å². The second-order valence-electron chi connectivity index (χ2n) is 8.26. The van der Waals surface area contributed by atoms with Crippen molar-refractivity contribution in [2.24, 2.45) is 0 Å². The fourth-order valence-electron chi connectivity index (χ4n) is 4.92. The SMILES string of the molecule is O=C(OCc1ccccc1)N1C2COCC1CC(O)(c1cccc3ccccc13)C2. The fraction of sp³-hybridized carbons (Fsp3) is 0.320. The summed E-state index contributed by atoms with van der Waals surface area (Å²) in [6.45, 7) is 1.05. The van der Waals surface area contributed by atoms with Gasteiger partial charge < -0.3 is 14.6 Å². The van der Waals surface area contributed by atoms with Gasteiger partial charge in [-0.25, -0.2) is 4.79 Å². The average Bonchev–Trinajstić information content (AvgIpc) is 2.77. The zero-order valence-corrected chi connectivity index (χ0v) is 16.7.